The highest BCUT2D eigenvalue weighted by Crippen LogP contribution is 2.30. The van der Waals surface area contributed by atoms with Gasteiger partial charge in [-0.05, 0) is 60.6 Å². The number of amides is 1. The van der Waals surface area contributed by atoms with Crippen LogP contribution >= 0.6 is 11.6 Å². The third kappa shape index (κ3) is 4.96. The van der Waals surface area contributed by atoms with Crippen LogP contribution < -0.4 is 5.32 Å². The smallest absolute Gasteiger partial charge is 0.306 e. The Morgan fingerprint density at radius 3 is 2.26 bits per heavy atom. The van der Waals surface area contributed by atoms with Gasteiger partial charge in [0.15, 0.2) is 0 Å². The van der Waals surface area contributed by atoms with E-state index in [0.29, 0.717) is 42.8 Å². The summed E-state index contributed by atoms with van der Waals surface area (Å²) in [5.74, 6) is -1.20. The van der Waals surface area contributed by atoms with Crippen LogP contribution in [0.3, 0.4) is 0 Å². The van der Waals surface area contributed by atoms with E-state index in [9.17, 15) is 14.7 Å². The number of hydrogen-bond acceptors (Lipinski definition) is 2. The summed E-state index contributed by atoms with van der Waals surface area (Å²) in [6.07, 6.45) is 4.50. The maximum Gasteiger partial charge on any atom is 0.306 e. The average Bonchev–Trinajstić information content (AvgIpc) is 3.30. The highest BCUT2D eigenvalue weighted by Gasteiger charge is 2.27. The molecule has 0 saturated heterocycles. The van der Waals surface area contributed by atoms with E-state index in [4.69, 9.17) is 11.6 Å². The Morgan fingerprint density at radius 1 is 0.886 bits per heavy atom. The Morgan fingerprint density at radius 2 is 1.57 bits per heavy atom. The van der Waals surface area contributed by atoms with Crippen molar-refractivity contribution in [3.8, 4) is 11.1 Å². The largest absolute Gasteiger partial charge is 0.481 e. The summed E-state index contributed by atoms with van der Waals surface area (Å²) < 4.78 is 2.06. The third-order valence-corrected chi connectivity index (χ3v) is 7.27. The Balaban J connectivity index is 1.37. The Kier molecular flexibility index (Phi) is 6.60. The van der Waals surface area contributed by atoms with Crippen LogP contribution in [0, 0.1) is 5.92 Å². The number of nitrogens with zero attached hydrogens (tertiary/aromatic N) is 1. The van der Waals surface area contributed by atoms with Gasteiger partial charge in [-0.15, -0.1) is 0 Å². The lowest BCUT2D eigenvalue weighted by atomic mass is 9.86. The zero-order valence-corrected chi connectivity index (χ0v) is 20.0. The van der Waals surface area contributed by atoms with Gasteiger partial charge >= 0.3 is 5.97 Å². The fraction of sp³-hybridized carbons (Fsp3) is 0.241. The summed E-state index contributed by atoms with van der Waals surface area (Å²) in [5.41, 5.74) is 4.85. The van der Waals surface area contributed by atoms with Crippen molar-refractivity contribution in [2.75, 3.05) is 0 Å². The molecule has 3 aromatic carbocycles. The Hall–Kier alpha value is -3.57. The normalized spacial score (nSPS) is 17.9. The van der Waals surface area contributed by atoms with E-state index in [2.05, 4.69) is 46.3 Å². The van der Waals surface area contributed by atoms with Crippen LogP contribution in [0.15, 0.2) is 79.0 Å². The van der Waals surface area contributed by atoms with Crippen molar-refractivity contribution < 1.29 is 14.7 Å². The van der Waals surface area contributed by atoms with E-state index in [1.807, 2.05) is 30.5 Å². The van der Waals surface area contributed by atoms with Crippen LogP contribution in [0.5, 0.6) is 0 Å². The second-order valence-corrected chi connectivity index (χ2v) is 9.63. The van der Waals surface area contributed by atoms with E-state index in [1.54, 1.807) is 12.1 Å². The molecule has 1 aliphatic rings. The molecule has 1 heterocycles. The van der Waals surface area contributed by atoms with Gasteiger partial charge in [-0.3, -0.25) is 9.59 Å². The summed E-state index contributed by atoms with van der Waals surface area (Å²) in [7, 11) is 0. The van der Waals surface area contributed by atoms with Crippen LogP contribution in [0.4, 0.5) is 0 Å². The van der Waals surface area contributed by atoms with E-state index >= 15 is 0 Å². The first-order valence-electron chi connectivity index (χ1n) is 11.9. The monoisotopic (exact) mass is 486 g/mol. The fourth-order valence-electron chi connectivity index (χ4n) is 4.98. The van der Waals surface area contributed by atoms with Gasteiger partial charge in [-0.25, -0.2) is 0 Å². The number of rotatable bonds is 6. The first kappa shape index (κ1) is 23.2. The summed E-state index contributed by atoms with van der Waals surface area (Å²) in [6.45, 7) is 0.614. The lowest BCUT2D eigenvalue weighted by molar-refractivity contribution is -0.142. The van der Waals surface area contributed by atoms with E-state index in [-0.39, 0.29) is 17.9 Å². The number of carbonyl (C=O) groups is 2. The zero-order chi connectivity index (χ0) is 24.4. The number of aromatic nitrogens is 1. The number of carboxylic acid groups (broad SMARTS) is 1. The molecule has 35 heavy (non-hydrogen) atoms. The van der Waals surface area contributed by atoms with Crippen molar-refractivity contribution in [3.63, 3.8) is 0 Å². The predicted molar refractivity (Wildman–Crippen MR) is 139 cm³/mol. The van der Waals surface area contributed by atoms with Gasteiger partial charge in [0.25, 0.3) is 5.91 Å². The molecule has 5 nitrogen and oxygen atoms in total. The molecule has 1 amide bonds. The van der Waals surface area contributed by atoms with Gasteiger partial charge in [0.2, 0.25) is 0 Å². The lowest BCUT2D eigenvalue weighted by Crippen LogP contribution is -2.38. The molecule has 1 aliphatic carbocycles. The van der Waals surface area contributed by atoms with E-state index in [0.717, 1.165) is 22.0 Å². The summed E-state index contributed by atoms with van der Waals surface area (Å²) in [5, 5.41) is 13.8. The lowest BCUT2D eigenvalue weighted by Gasteiger charge is -2.27. The molecule has 4 aromatic rings. The molecule has 2 N–H and O–H groups in total. The quantitative estimate of drug-likeness (QED) is 0.332. The topological polar surface area (TPSA) is 71.3 Å². The molecule has 1 saturated carbocycles. The summed E-state index contributed by atoms with van der Waals surface area (Å²) in [6, 6.07) is 24.2. The number of benzene rings is 3. The fourth-order valence-corrected chi connectivity index (χ4v) is 5.20. The van der Waals surface area contributed by atoms with E-state index < -0.39 is 5.97 Å². The number of nitrogens with one attached hydrogen (secondary N) is 1. The van der Waals surface area contributed by atoms with Crippen LogP contribution in [0.1, 0.15) is 41.6 Å². The Bertz CT molecular complexity index is 1350. The molecule has 0 atom stereocenters. The van der Waals surface area contributed by atoms with Crippen LogP contribution in [-0.2, 0) is 11.3 Å². The third-order valence-electron chi connectivity index (χ3n) is 6.94. The molecule has 0 unspecified atom stereocenters. The van der Waals surface area contributed by atoms with Crippen molar-refractivity contribution in [2.45, 2.75) is 38.3 Å². The summed E-state index contributed by atoms with van der Waals surface area (Å²) in [4.78, 5) is 24.5. The summed E-state index contributed by atoms with van der Waals surface area (Å²) >= 11 is 6.48. The number of fused-ring (bicyclic) bond motifs is 1. The first-order chi connectivity index (χ1) is 17.0. The number of aliphatic carboxylic acids is 1. The second kappa shape index (κ2) is 9.96. The minimum Gasteiger partial charge on any atom is -0.481 e. The van der Waals surface area contributed by atoms with Gasteiger partial charge in [0.1, 0.15) is 0 Å². The zero-order valence-electron chi connectivity index (χ0n) is 19.3. The highest BCUT2D eigenvalue weighted by molar-refractivity contribution is 6.36. The van der Waals surface area contributed by atoms with Gasteiger partial charge in [-0.2, -0.15) is 0 Å². The van der Waals surface area contributed by atoms with E-state index in [1.165, 1.54) is 5.56 Å². The maximum absolute atomic E-state index is 13.3. The minimum absolute atomic E-state index is 0.0160. The Labute approximate surface area is 209 Å². The average molecular weight is 487 g/mol. The van der Waals surface area contributed by atoms with Gasteiger partial charge in [0, 0.05) is 29.2 Å². The molecule has 1 aromatic heterocycles. The van der Waals surface area contributed by atoms with Gasteiger partial charge in [-0.1, -0.05) is 66.2 Å². The van der Waals surface area contributed by atoms with Crippen molar-refractivity contribution >= 4 is 34.4 Å². The second-order valence-electron chi connectivity index (χ2n) is 9.22. The number of hydrogen-bond donors (Lipinski definition) is 2. The molecule has 0 radical (unpaired) electrons. The van der Waals surface area contributed by atoms with Crippen LogP contribution in [0.2, 0.25) is 5.02 Å². The number of carboxylic acids is 1. The molecule has 6 heteroatoms. The molecule has 1 fully saturated rings. The standard InChI is InChI=1S/C29H27ClN2O3/c30-26-15-14-25(28(33)31-23-12-10-22(11-13-23)29(34)35)27-24(26)16-17-32(27)18-19-6-8-21(9-7-19)20-4-2-1-3-5-20/h1-9,14-17,22-23H,10-13,18H2,(H,31,33)(H,34,35)/t22-,23+. The SMILES string of the molecule is O=C(N[C@H]1CC[C@@H](C(=O)O)CC1)c1ccc(Cl)c2ccn(Cc3ccc(-c4ccccc4)cc3)c12. The molecule has 5 rings (SSSR count). The van der Waals surface area contributed by atoms with Crippen molar-refractivity contribution in [1.82, 2.24) is 9.88 Å². The van der Waals surface area contributed by atoms with Gasteiger partial charge < -0.3 is 15.0 Å². The molecular formula is C29H27ClN2O3. The molecule has 0 aliphatic heterocycles. The van der Waals surface area contributed by atoms with Crippen molar-refractivity contribution in [3.05, 3.63) is 95.1 Å². The molecular weight excluding hydrogens is 460 g/mol. The highest BCUT2D eigenvalue weighted by atomic mass is 35.5. The van der Waals surface area contributed by atoms with Crippen LogP contribution in [-0.4, -0.2) is 27.6 Å². The number of halogens is 1. The maximum atomic E-state index is 13.3. The molecule has 0 bridgehead atoms. The first-order valence-corrected chi connectivity index (χ1v) is 12.3. The van der Waals surface area contributed by atoms with Crippen LogP contribution in [0.25, 0.3) is 22.0 Å². The number of carbonyl (C=O) groups excluding carboxylic acids is 1. The molecule has 178 valence electrons. The predicted octanol–water partition coefficient (Wildman–Crippen LogP) is 6.38. The molecule has 0 spiro atoms. The van der Waals surface area contributed by atoms with Crippen molar-refractivity contribution in [2.24, 2.45) is 5.92 Å². The van der Waals surface area contributed by atoms with Crippen molar-refractivity contribution in [1.29, 1.82) is 0 Å². The minimum atomic E-state index is -0.746. The van der Waals surface area contributed by atoms with Gasteiger partial charge in [0.05, 0.1) is 17.0 Å².